The summed E-state index contributed by atoms with van der Waals surface area (Å²) in [7, 11) is 1.63. The molecule has 4 rings (SSSR count). The van der Waals surface area contributed by atoms with Crippen LogP contribution >= 0.6 is 11.8 Å². The van der Waals surface area contributed by atoms with Gasteiger partial charge in [0.05, 0.1) is 29.5 Å². The van der Waals surface area contributed by atoms with Crippen molar-refractivity contribution in [2.75, 3.05) is 24.3 Å². The van der Waals surface area contributed by atoms with Gasteiger partial charge >= 0.3 is 0 Å². The molecule has 38 heavy (non-hydrogen) atoms. The van der Waals surface area contributed by atoms with Gasteiger partial charge in [-0.05, 0) is 55.7 Å². The van der Waals surface area contributed by atoms with Gasteiger partial charge in [-0.2, -0.15) is 5.10 Å². The minimum atomic E-state index is -0.304. The van der Waals surface area contributed by atoms with Crippen LogP contribution in [-0.2, 0) is 15.0 Å². The fraction of sp³-hybridized carbons (Fsp3) is 0.433. The third-order valence-electron chi connectivity index (χ3n) is 6.91. The summed E-state index contributed by atoms with van der Waals surface area (Å²) in [5.74, 6) is 1.36. The van der Waals surface area contributed by atoms with E-state index in [1.165, 1.54) is 0 Å². The van der Waals surface area contributed by atoms with Crippen molar-refractivity contribution in [1.29, 1.82) is 0 Å². The molecule has 8 heteroatoms. The molecule has 2 heterocycles. The SMILES string of the molecule is CC[C@H](C)NC(=O)CN1C(=O)CS[C@@H](c2ccccc2C)c2c(C(C)(C)C)nn(-c3ccc(OC)cc3)c21. The van der Waals surface area contributed by atoms with Gasteiger partial charge in [0.25, 0.3) is 0 Å². The molecule has 0 radical (unpaired) electrons. The summed E-state index contributed by atoms with van der Waals surface area (Å²) in [6, 6.07) is 15.9. The molecule has 202 valence electrons. The second-order valence-electron chi connectivity index (χ2n) is 10.9. The van der Waals surface area contributed by atoms with Crippen molar-refractivity contribution in [2.45, 2.75) is 64.7 Å². The zero-order valence-corrected chi connectivity index (χ0v) is 24.2. The molecule has 0 fully saturated rings. The molecular formula is C30H38N4O3S. The Kier molecular flexibility index (Phi) is 8.21. The van der Waals surface area contributed by atoms with Crippen molar-refractivity contribution >= 4 is 29.4 Å². The average molecular weight is 535 g/mol. The summed E-state index contributed by atoms with van der Waals surface area (Å²) in [4.78, 5) is 28.5. The van der Waals surface area contributed by atoms with E-state index in [1.807, 2.05) is 54.9 Å². The molecule has 0 spiro atoms. The number of anilines is 1. The van der Waals surface area contributed by atoms with Crippen LogP contribution in [0.4, 0.5) is 5.82 Å². The van der Waals surface area contributed by atoms with E-state index in [1.54, 1.807) is 23.8 Å². The minimum Gasteiger partial charge on any atom is -0.497 e. The fourth-order valence-corrected chi connectivity index (χ4v) is 5.96. The van der Waals surface area contributed by atoms with Gasteiger partial charge in [-0.25, -0.2) is 4.68 Å². The molecule has 2 atom stereocenters. The number of thioether (sulfide) groups is 1. The van der Waals surface area contributed by atoms with Gasteiger partial charge in [-0.15, -0.1) is 11.8 Å². The molecule has 1 N–H and O–H groups in total. The van der Waals surface area contributed by atoms with E-state index in [0.29, 0.717) is 5.82 Å². The Labute approximate surface area is 229 Å². The average Bonchev–Trinajstić information content (AvgIpc) is 3.23. The Morgan fingerprint density at radius 1 is 1.18 bits per heavy atom. The molecule has 0 unspecified atom stereocenters. The van der Waals surface area contributed by atoms with Crippen LogP contribution in [0, 0.1) is 6.92 Å². The van der Waals surface area contributed by atoms with Crippen LogP contribution in [0.2, 0.25) is 0 Å². The van der Waals surface area contributed by atoms with E-state index < -0.39 is 0 Å². The standard InChI is InChI=1S/C30H38N4O3S/c1-8-20(3)31-24(35)17-33-25(36)18-38-27(23-12-10-9-11-19(23)2)26-28(30(4,5)6)32-34(29(26)33)21-13-15-22(37-7)16-14-21/h9-16,20,27H,8,17-18H2,1-7H3,(H,31,35)/t20-,27-/m0/s1. The first kappa shape index (κ1) is 27.8. The highest BCUT2D eigenvalue weighted by Gasteiger charge is 2.40. The number of rotatable bonds is 7. The summed E-state index contributed by atoms with van der Waals surface area (Å²) in [5, 5.41) is 8.06. The molecule has 0 bridgehead atoms. The number of carbonyl (C=O) groups excluding carboxylic acids is 2. The number of nitrogens with zero attached hydrogens (tertiary/aromatic N) is 3. The highest BCUT2D eigenvalue weighted by Crippen LogP contribution is 2.49. The first-order valence-electron chi connectivity index (χ1n) is 13.1. The molecule has 0 aliphatic carbocycles. The van der Waals surface area contributed by atoms with Crippen LogP contribution in [0.3, 0.4) is 0 Å². The number of carbonyl (C=O) groups is 2. The minimum absolute atomic E-state index is 0.0229. The third-order valence-corrected chi connectivity index (χ3v) is 8.15. The van der Waals surface area contributed by atoms with Gasteiger partial charge < -0.3 is 10.1 Å². The lowest BCUT2D eigenvalue weighted by Crippen LogP contribution is -2.44. The maximum absolute atomic E-state index is 13.7. The van der Waals surface area contributed by atoms with E-state index in [4.69, 9.17) is 9.84 Å². The lowest BCUT2D eigenvalue weighted by Gasteiger charge is -2.25. The smallest absolute Gasteiger partial charge is 0.240 e. The number of hydrogen-bond acceptors (Lipinski definition) is 5. The topological polar surface area (TPSA) is 76.5 Å². The van der Waals surface area contributed by atoms with E-state index in [9.17, 15) is 9.59 Å². The predicted octanol–water partition coefficient (Wildman–Crippen LogP) is 5.57. The zero-order valence-electron chi connectivity index (χ0n) is 23.4. The van der Waals surface area contributed by atoms with Gasteiger partial charge in [-0.3, -0.25) is 14.5 Å². The number of nitrogens with one attached hydrogen (secondary N) is 1. The number of benzene rings is 2. The Hall–Kier alpha value is -3.26. The molecule has 0 saturated carbocycles. The maximum Gasteiger partial charge on any atom is 0.240 e. The lowest BCUT2D eigenvalue weighted by atomic mass is 9.86. The Bertz CT molecular complexity index is 1310. The van der Waals surface area contributed by atoms with Crippen molar-refractivity contribution in [1.82, 2.24) is 15.1 Å². The van der Waals surface area contributed by atoms with E-state index in [0.717, 1.165) is 40.2 Å². The Morgan fingerprint density at radius 3 is 2.47 bits per heavy atom. The number of fused-ring (bicyclic) bond motifs is 1. The van der Waals surface area contributed by atoms with E-state index in [2.05, 4.69) is 45.1 Å². The second-order valence-corrected chi connectivity index (χ2v) is 11.9. The Morgan fingerprint density at radius 2 is 1.87 bits per heavy atom. The maximum atomic E-state index is 13.7. The molecule has 2 amide bonds. The number of amides is 2. The molecule has 3 aromatic rings. The molecule has 7 nitrogen and oxygen atoms in total. The van der Waals surface area contributed by atoms with Crippen LogP contribution in [0.1, 0.15) is 68.7 Å². The fourth-order valence-electron chi connectivity index (χ4n) is 4.67. The number of hydrogen-bond donors (Lipinski definition) is 1. The summed E-state index contributed by atoms with van der Waals surface area (Å²) < 4.78 is 7.21. The third kappa shape index (κ3) is 5.60. The largest absolute Gasteiger partial charge is 0.497 e. The van der Waals surface area contributed by atoms with Gasteiger partial charge in [0.15, 0.2) is 0 Å². The zero-order chi connectivity index (χ0) is 27.6. The second kappa shape index (κ2) is 11.2. The van der Waals surface area contributed by atoms with Gasteiger partial charge in [0.1, 0.15) is 18.1 Å². The van der Waals surface area contributed by atoms with Crippen molar-refractivity contribution in [3.63, 3.8) is 0 Å². The normalized spacial score (nSPS) is 16.6. The molecule has 1 aliphatic heterocycles. The molecule has 1 aliphatic rings. The highest BCUT2D eigenvalue weighted by molar-refractivity contribution is 8.00. The van der Waals surface area contributed by atoms with Crippen molar-refractivity contribution < 1.29 is 14.3 Å². The van der Waals surface area contributed by atoms with E-state index in [-0.39, 0.29) is 40.8 Å². The predicted molar refractivity (Wildman–Crippen MR) is 155 cm³/mol. The summed E-state index contributed by atoms with van der Waals surface area (Å²) in [6.45, 7) is 12.4. The molecule has 0 saturated heterocycles. The van der Waals surface area contributed by atoms with Crippen LogP contribution < -0.4 is 15.0 Å². The quantitative estimate of drug-likeness (QED) is 0.429. The van der Waals surface area contributed by atoms with Gasteiger partial charge in [0, 0.05) is 17.0 Å². The summed E-state index contributed by atoms with van der Waals surface area (Å²) in [6.07, 6.45) is 0.814. The monoisotopic (exact) mass is 534 g/mol. The van der Waals surface area contributed by atoms with Gasteiger partial charge in [-0.1, -0.05) is 52.0 Å². The number of methoxy groups -OCH3 is 1. The highest BCUT2D eigenvalue weighted by atomic mass is 32.2. The Balaban J connectivity index is 1.99. The first-order chi connectivity index (χ1) is 18.0. The van der Waals surface area contributed by atoms with Crippen LogP contribution in [-0.4, -0.2) is 47.0 Å². The van der Waals surface area contributed by atoms with Crippen LogP contribution in [0.25, 0.3) is 5.69 Å². The van der Waals surface area contributed by atoms with Crippen LogP contribution in [0.5, 0.6) is 5.75 Å². The first-order valence-corrected chi connectivity index (χ1v) is 14.1. The summed E-state index contributed by atoms with van der Waals surface area (Å²) >= 11 is 1.60. The number of ether oxygens (including phenoxy) is 1. The van der Waals surface area contributed by atoms with Crippen LogP contribution in [0.15, 0.2) is 48.5 Å². The lowest BCUT2D eigenvalue weighted by molar-refractivity contribution is -0.123. The summed E-state index contributed by atoms with van der Waals surface area (Å²) in [5.41, 5.74) is 4.69. The van der Waals surface area contributed by atoms with Gasteiger partial charge in [0.2, 0.25) is 11.8 Å². The molecule has 2 aromatic carbocycles. The number of aryl methyl sites for hydroxylation is 1. The van der Waals surface area contributed by atoms with Crippen molar-refractivity contribution in [3.8, 4) is 11.4 Å². The van der Waals surface area contributed by atoms with E-state index >= 15 is 0 Å². The van der Waals surface area contributed by atoms with Crippen molar-refractivity contribution in [3.05, 3.63) is 70.9 Å². The molecule has 1 aromatic heterocycles. The number of aromatic nitrogens is 2. The molecular weight excluding hydrogens is 496 g/mol. The van der Waals surface area contributed by atoms with Crippen molar-refractivity contribution in [2.24, 2.45) is 0 Å².